The molecule has 3 N–H and O–H groups in total. The van der Waals surface area contributed by atoms with Gasteiger partial charge in [-0.1, -0.05) is 18.2 Å². The number of carbonyl (C=O) groups excluding carboxylic acids is 1. The molecule has 0 unspecified atom stereocenters. The van der Waals surface area contributed by atoms with Gasteiger partial charge in [-0.2, -0.15) is 0 Å². The number of nitrogens with zero attached hydrogens (tertiary/aromatic N) is 2. The summed E-state index contributed by atoms with van der Waals surface area (Å²) in [7, 11) is -0.889. The molecule has 236 valence electrons. The van der Waals surface area contributed by atoms with Gasteiger partial charge >= 0.3 is 0 Å². The largest absolute Gasteiger partial charge is 0.455 e. The Morgan fingerprint density at radius 3 is 2.26 bits per heavy atom. The summed E-state index contributed by atoms with van der Waals surface area (Å²) in [5.74, 6) is -1.14. The van der Waals surface area contributed by atoms with Crippen molar-refractivity contribution in [1.29, 1.82) is 0 Å². The van der Waals surface area contributed by atoms with E-state index in [1.807, 2.05) is 13.8 Å². The third-order valence-corrected chi connectivity index (χ3v) is 9.02. The van der Waals surface area contributed by atoms with E-state index in [2.05, 4.69) is 10.3 Å². The van der Waals surface area contributed by atoms with Crippen molar-refractivity contribution in [3.05, 3.63) is 95.6 Å². The van der Waals surface area contributed by atoms with Crippen LogP contribution in [0.3, 0.4) is 0 Å². The second-order valence-corrected chi connectivity index (χ2v) is 13.6. The van der Waals surface area contributed by atoms with E-state index in [4.69, 9.17) is 14.6 Å². The third-order valence-electron chi connectivity index (χ3n) is 7.83. The standard InChI is InChI=1S/C34H30F2N4O5S/c1-34(2,37)24-14-11-19(15-22(24)33-39-30-25(36)7-6-8-27(30)45-33)21-16-23-28(17-26(21)40(4)46(5,42)43)44-31(29(23)32(41)38-3)18-9-12-20(35)13-10-18/h6-17H,37H2,1-5H3,(H,38,41). The number of carbonyl (C=O) groups is 1. The number of rotatable bonds is 7. The predicted molar refractivity (Wildman–Crippen MR) is 174 cm³/mol. The van der Waals surface area contributed by atoms with Gasteiger partial charge in [0.25, 0.3) is 5.91 Å². The van der Waals surface area contributed by atoms with Crippen LogP contribution in [0.4, 0.5) is 14.5 Å². The maximum Gasteiger partial charge on any atom is 0.255 e. The molecule has 1 amide bonds. The summed E-state index contributed by atoms with van der Waals surface area (Å²) in [6, 6.07) is 18.4. The Balaban J connectivity index is 1.67. The number of nitrogens with one attached hydrogen (secondary N) is 1. The molecule has 6 rings (SSSR count). The summed E-state index contributed by atoms with van der Waals surface area (Å²) in [6.07, 6.45) is 1.07. The van der Waals surface area contributed by atoms with Crippen molar-refractivity contribution < 1.29 is 30.8 Å². The van der Waals surface area contributed by atoms with Gasteiger partial charge in [-0.15, -0.1) is 0 Å². The first kappa shape index (κ1) is 30.9. The molecular formula is C34H30F2N4O5S. The van der Waals surface area contributed by atoms with Crippen LogP contribution < -0.4 is 15.4 Å². The zero-order chi connectivity index (χ0) is 33.1. The first-order valence-corrected chi connectivity index (χ1v) is 16.0. The van der Waals surface area contributed by atoms with Crippen molar-refractivity contribution in [2.75, 3.05) is 24.7 Å². The number of nitrogens with two attached hydrogens (primary N) is 1. The number of aromatic nitrogens is 1. The summed E-state index contributed by atoms with van der Waals surface area (Å²) in [6.45, 7) is 3.61. The fourth-order valence-electron chi connectivity index (χ4n) is 5.44. The lowest BCUT2D eigenvalue weighted by Gasteiger charge is -2.24. The molecule has 0 aliphatic heterocycles. The molecule has 0 spiro atoms. The number of benzene rings is 4. The van der Waals surface area contributed by atoms with Crippen LogP contribution in [-0.2, 0) is 15.6 Å². The van der Waals surface area contributed by atoms with Gasteiger partial charge in [-0.3, -0.25) is 9.10 Å². The first-order chi connectivity index (χ1) is 21.7. The highest BCUT2D eigenvalue weighted by Gasteiger charge is 2.28. The monoisotopic (exact) mass is 644 g/mol. The molecule has 0 atom stereocenters. The zero-order valence-corrected chi connectivity index (χ0v) is 26.4. The summed E-state index contributed by atoms with van der Waals surface area (Å²) in [5, 5.41) is 3.03. The van der Waals surface area contributed by atoms with Crippen molar-refractivity contribution in [2.45, 2.75) is 19.4 Å². The predicted octanol–water partition coefficient (Wildman–Crippen LogP) is 6.80. The lowest BCUT2D eigenvalue weighted by molar-refractivity contribution is 0.0964. The fourth-order valence-corrected chi connectivity index (χ4v) is 5.95. The van der Waals surface area contributed by atoms with Crippen LogP contribution in [0.2, 0.25) is 0 Å². The Labute approximate surface area is 263 Å². The van der Waals surface area contributed by atoms with Gasteiger partial charge < -0.3 is 19.9 Å². The van der Waals surface area contributed by atoms with Crippen LogP contribution in [0.25, 0.3) is 56.0 Å². The molecule has 6 aromatic rings. The number of anilines is 1. The van der Waals surface area contributed by atoms with Gasteiger partial charge in [-0.05, 0) is 73.5 Å². The maximum absolute atomic E-state index is 14.6. The molecule has 0 saturated heterocycles. The fraction of sp³-hybridized carbons (Fsp3) is 0.176. The number of oxazole rings is 1. The quantitative estimate of drug-likeness (QED) is 0.195. The van der Waals surface area contributed by atoms with E-state index in [-0.39, 0.29) is 39.6 Å². The van der Waals surface area contributed by atoms with E-state index in [0.29, 0.717) is 33.2 Å². The summed E-state index contributed by atoms with van der Waals surface area (Å²) in [4.78, 5) is 17.7. The summed E-state index contributed by atoms with van der Waals surface area (Å²) < 4.78 is 67.3. The lowest BCUT2D eigenvalue weighted by atomic mass is 9.88. The molecule has 9 nitrogen and oxygen atoms in total. The SMILES string of the molecule is CNC(=O)c1c(-c2ccc(F)cc2)oc2cc(N(C)S(C)(=O)=O)c(-c3ccc(C(C)(C)N)c(-c4nc5c(F)cccc5o4)c3)cc12. The van der Waals surface area contributed by atoms with Gasteiger partial charge in [0, 0.05) is 47.8 Å². The van der Waals surface area contributed by atoms with Crippen molar-refractivity contribution in [1.82, 2.24) is 10.3 Å². The molecule has 0 aliphatic rings. The number of fused-ring (bicyclic) bond motifs is 2. The number of hydrogen-bond acceptors (Lipinski definition) is 7. The van der Waals surface area contributed by atoms with Crippen molar-refractivity contribution in [3.63, 3.8) is 0 Å². The zero-order valence-electron chi connectivity index (χ0n) is 25.6. The second kappa shape index (κ2) is 11.1. The van der Waals surface area contributed by atoms with Crippen molar-refractivity contribution in [3.8, 4) is 33.9 Å². The van der Waals surface area contributed by atoms with Crippen LogP contribution in [0.15, 0.2) is 81.6 Å². The Kier molecular flexibility index (Phi) is 7.45. The highest BCUT2D eigenvalue weighted by Crippen LogP contribution is 2.43. The molecule has 12 heteroatoms. The molecule has 4 aromatic carbocycles. The van der Waals surface area contributed by atoms with E-state index in [1.165, 1.54) is 50.5 Å². The molecule has 2 heterocycles. The van der Waals surface area contributed by atoms with Crippen LogP contribution in [0.1, 0.15) is 29.8 Å². The molecule has 0 fully saturated rings. The minimum Gasteiger partial charge on any atom is -0.455 e. The smallest absolute Gasteiger partial charge is 0.255 e. The average molecular weight is 645 g/mol. The van der Waals surface area contributed by atoms with Gasteiger partial charge in [0.15, 0.2) is 11.4 Å². The van der Waals surface area contributed by atoms with Crippen LogP contribution in [-0.4, -0.2) is 39.7 Å². The highest BCUT2D eigenvalue weighted by molar-refractivity contribution is 7.92. The normalized spacial score (nSPS) is 12.2. The number of halogens is 2. The van der Waals surface area contributed by atoms with Gasteiger partial charge in [0.1, 0.15) is 22.7 Å². The topological polar surface area (TPSA) is 132 Å². The summed E-state index contributed by atoms with van der Waals surface area (Å²) in [5.41, 5.74) is 9.21. The number of hydrogen-bond donors (Lipinski definition) is 2. The lowest BCUT2D eigenvalue weighted by Crippen LogP contribution is -2.29. The number of para-hydroxylation sites is 1. The van der Waals surface area contributed by atoms with Crippen LogP contribution >= 0.6 is 0 Å². The Morgan fingerprint density at radius 1 is 0.935 bits per heavy atom. The summed E-state index contributed by atoms with van der Waals surface area (Å²) >= 11 is 0. The molecule has 2 aromatic heterocycles. The van der Waals surface area contributed by atoms with E-state index in [0.717, 1.165) is 10.6 Å². The molecule has 46 heavy (non-hydrogen) atoms. The van der Waals surface area contributed by atoms with Gasteiger partial charge in [0.05, 0.1) is 17.5 Å². The first-order valence-electron chi connectivity index (χ1n) is 14.2. The van der Waals surface area contributed by atoms with Crippen LogP contribution in [0.5, 0.6) is 0 Å². The number of sulfonamides is 1. The Bertz CT molecular complexity index is 2270. The van der Waals surface area contributed by atoms with Gasteiger partial charge in [0.2, 0.25) is 15.9 Å². The minimum atomic E-state index is -3.77. The Hall–Kier alpha value is -5.07. The molecule has 0 saturated carbocycles. The third kappa shape index (κ3) is 5.39. The van der Waals surface area contributed by atoms with E-state index in [9.17, 15) is 22.0 Å². The molecule has 0 aliphatic carbocycles. The van der Waals surface area contributed by atoms with Gasteiger partial charge in [-0.25, -0.2) is 22.2 Å². The van der Waals surface area contributed by atoms with Crippen LogP contribution in [0, 0.1) is 11.6 Å². The number of furan rings is 1. The van der Waals surface area contributed by atoms with E-state index >= 15 is 0 Å². The second-order valence-electron chi connectivity index (χ2n) is 11.6. The van der Waals surface area contributed by atoms with E-state index in [1.54, 1.807) is 36.4 Å². The number of amides is 1. The molecule has 0 bridgehead atoms. The molecular weight excluding hydrogens is 614 g/mol. The molecule has 0 radical (unpaired) electrons. The van der Waals surface area contributed by atoms with E-state index < -0.39 is 33.1 Å². The minimum absolute atomic E-state index is 0.0598. The van der Waals surface area contributed by atoms with Crippen molar-refractivity contribution >= 4 is 43.7 Å². The van der Waals surface area contributed by atoms with Crippen molar-refractivity contribution in [2.24, 2.45) is 5.73 Å². The maximum atomic E-state index is 14.6. The highest BCUT2D eigenvalue weighted by atomic mass is 32.2. The Morgan fingerprint density at radius 2 is 1.63 bits per heavy atom. The average Bonchev–Trinajstić information content (AvgIpc) is 3.61.